The Morgan fingerprint density at radius 1 is 1.50 bits per heavy atom. The van der Waals surface area contributed by atoms with E-state index in [0.717, 1.165) is 32.0 Å². The molecular weight excluding hydrogens is 304 g/mol. The van der Waals surface area contributed by atoms with Crippen LogP contribution in [0, 0.1) is 17.6 Å². The number of rotatable bonds is 3. The molecule has 1 saturated heterocycles. The van der Waals surface area contributed by atoms with Crippen molar-refractivity contribution in [2.45, 2.75) is 19.3 Å². The molecule has 1 aliphatic heterocycles. The fraction of sp³-hybridized carbons (Fsp3) is 0.538. The van der Waals surface area contributed by atoms with Crippen LogP contribution in [0.4, 0.5) is 8.78 Å². The van der Waals surface area contributed by atoms with Gasteiger partial charge in [0.2, 0.25) is 0 Å². The van der Waals surface area contributed by atoms with Gasteiger partial charge in [-0.05, 0) is 60.3 Å². The first-order valence-corrected chi connectivity index (χ1v) is 6.84. The van der Waals surface area contributed by atoms with E-state index in [1.165, 1.54) is 7.11 Å². The first-order chi connectivity index (χ1) is 8.63. The fourth-order valence-electron chi connectivity index (χ4n) is 2.42. The average molecular weight is 320 g/mol. The molecule has 0 bridgehead atoms. The molecule has 1 atom stereocenters. The summed E-state index contributed by atoms with van der Waals surface area (Å²) in [5.74, 6) is -0.583. The van der Waals surface area contributed by atoms with Crippen molar-refractivity contribution in [1.29, 1.82) is 0 Å². The van der Waals surface area contributed by atoms with Crippen LogP contribution in [-0.2, 0) is 6.42 Å². The monoisotopic (exact) mass is 319 g/mol. The number of ether oxygens (including phenoxy) is 1. The van der Waals surface area contributed by atoms with Gasteiger partial charge in [-0.1, -0.05) is 0 Å². The van der Waals surface area contributed by atoms with Crippen LogP contribution in [0.3, 0.4) is 0 Å². The second-order valence-corrected chi connectivity index (χ2v) is 5.44. The molecule has 1 aromatic carbocycles. The van der Waals surface area contributed by atoms with E-state index in [2.05, 4.69) is 21.2 Å². The van der Waals surface area contributed by atoms with Crippen molar-refractivity contribution in [2.24, 2.45) is 5.92 Å². The normalized spacial score (nSPS) is 19.9. The molecule has 2 rings (SSSR count). The van der Waals surface area contributed by atoms with Crippen LogP contribution in [-0.4, -0.2) is 20.2 Å². The second kappa shape index (κ2) is 5.97. The molecule has 0 aromatic heterocycles. The summed E-state index contributed by atoms with van der Waals surface area (Å²) in [6.45, 7) is 1.85. The molecule has 1 N–H and O–H groups in total. The van der Waals surface area contributed by atoms with Gasteiger partial charge in [-0.2, -0.15) is 0 Å². The number of methoxy groups -OCH3 is 1. The molecule has 5 heteroatoms. The predicted octanol–water partition coefficient (Wildman–Crippen LogP) is 3.28. The SMILES string of the molecule is COc1c(F)cc(Br)c(F)c1CC1CCCNC1. The molecular formula is C13H16BrF2NO. The lowest BCUT2D eigenvalue weighted by Crippen LogP contribution is -2.31. The minimum absolute atomic E-state index is 0.0290. The number of halogens is 3. The molecule has 0 spiro atoms. The Bertz CT molecular complexity index is 433. The van der Waals surface area contributed by atoms with Crippen molar-refractivity contribution < 1.29 is 13.5 Å². The highest BCUT2D eigenvalue weighted by Gasteiger charge is 2.22. The summed E-state index contributed by atoms with van der Waals surface area (Å²) in [5, 5.41) is 3.27. The largest absolute Gasteiger partial charge is 0.493 e. The van der Waals surface area contributed by atoms with E-state index in [0.29, 0.717) is 17.9 Å². The topological polar surface area (TPSA) is 21.3 Å². The minimum Gasteiger partial charge on any atom is -0.493 e. The van der Waals surface area contributed by atoms with Crippen LogP contribution in [0.5, 0.6) is 5.75 Å². The molecule has 100 valence electrons. The third-order valence-corrected chi connectivity index (χ3v) is 3.89. The van der Waals surface area contributed by atoms with Gasteiger partial charge in [0, 0.05) is 5.56 Å². The Kier molecular flexibility index (Phi) is 4.56. The molecule has 1 aromatic rings. The van der Waals surface area contributed by atoms with Crippen molar-refractivity contribution in [1.82, 2.24) is 5.32 Å². The zero-order valence-corrected chi connectivity index (χ0v) is 11.8. The predicted molar refractivity (Wildman–Crippen MR) is 69.9 cm³/mol. The number of hydrogen-bond donors (Lipinski definition) is 1. The Morgan fingerprint density at radius 3 is 2.89 bits per heavy atom. The van der Waals surface area contributed by atoms with E-state index in [-0.39, 0.29) is 10.2 Å². The fourth-order valence-corrected chi connectivity index (χ4v) is 2.86. The maximum atomic E-state index is 14.1. The first-order valence-electron chi connectivity index (χ1n) is 6.04. The van der Waals surface area contributed by atoms with Crippen LogP contribution in [0.1, 0.15) is 18.4 Å². The highest BCUT2D eigenvalue weighted by molar-refractivity contribution is 9.10. The summed E-state index contributed by atoms with van der Waals surface area (Å²) >= 11 is 3.04. The van der Waals surface area contributed by atoms with Crippen molar-refractivity contribution in [3.8, 4) is 5.75 Å². The zero-order valence-electron chi connectivity index (χ0n) is 10.2. The zero-order chi connectivity index (χ0) is 13.1. The quantitative estimate of drug-likeness (QED) is 0.863. The lowest BCUT2D eigenvalue weighted by atomic mass is 9.91. The van der Waals surface area contributed by atoms with Crippen molar-refractivity contribution in [3.63, 3.8) is 0 Å². The van der Waals surface area contributed by atoms with Gasteiger partial charge in [0.1, 0.15) is 5.82 Å². The van der Waals surface area contributed by atoms with Crippen LogP contribution >= 0.6 is 15.9 Å². The molecule has 0 amide bonds. The van der Waals surface area contributed by atoms with Gasteiger partial charge in [0.25, 0.3) is 0 Å². The molecule has 1 heterocycles. The lowest BCUT2D eigenvalue weighted by Gasteiger charge is -2.24. The second-order valence-electron chi connectivity index (χ2n) is 4.58. The van der Waals surface area contributed by atoms with Crippen molar-refractivity contribution in [2.75, 3.05) is 20.2 Å². The number of piperidine rings is 1. The van der Waals surface area contributed by atoms with Gasteiger partial charge in [0.15, 0.2) is 11.6 Å². The van der Waals surface area contributed by atoms with E-state index < -0.39 is 11.6 Å². The number of hydrogen-bond acceptors (Lipinski definition) is 2. The van der Waals surface area contributed by atoms with E-state index in [9.17, 15) is 8.78 Å². The van der Waals surface area contributed by atoms with Crippen LogP contribution in [0.2, 0.25) is 0 Å². The van der Waals surface area contributed by atoms with Gasteiger partial charge < -0.3 is 10.1 Å². The molecule has 2 nitrogen and oxygen atoms in total. The van der Waals surface area contributed by atoms with Gasteiger partial charge in [-0.3, -0.25) is 0 Å². The molecule has 1 fully saturated rings. The average Bonchev–Trinajstić information content (AvgIpc) is 2.37. The highest BCUT2D eigenvalue weighted by atomic mass is 79.9. The molecule has 0 radical (unpaired) electrons. The summed E-state index contributed by atoms with van der Waals surface area (Å²) in [5.41, 5.74) is 0.332. The standard InChI is InChI=1S/C13H16BrF2NO/c1-18-13-9(5-8-3-2-4-17-7-8)12(16)10(14)6-11(13)15/h6,8,17H,2-5,7H2,1H3. The van der Waals surface area contributed by atoms with E-state index >= 15 is 0 Å². The number of benzene rings is 1. The number of nitrogens with one attached hydrogen (secondary N) is 1. The molecule has 0 saturated carbocycles. The van der Waals surface area contributed by atoms with E-state index in [1.54, 1.807) is 0 Å². The van der Waals surface area contributed by atoms with Crippen LogP contribution in [0.25, 0.3) is 0 Å². The molecule has 1 aliphatic rings. The summed E-state index contributed by atoms with van der Waals surface area (Å²) in [4.78, 5) is 0. The summed E-state index contributed by atoms with van der Waals surface area (Å²) in [6.07, 6.45) is 2.60. The van der Waals surface area contributed by atoms with Gasteiger partial charge in [0.05, 0.1) is 11.6 Å². The third kappa shape index (κ3) is 2.83. The summed E-state index contributed by atoms with van der Waals surface area (Å²) < 4.78 is 32.9. The maximum Gasteiger partial charge on any atom is 0.166 e. The van der Waals surface area contributed by atoms with Gasteiger partial charge >= 0.3 is 0 Å². The van der Waals surface area contributed by atoms with E-state index in [4.69, 9.17) is 4.74 Å². The summed E-state index contributed by atoms with van der Waals surface area (Å²) in [7, 11) is 1.37. The third-order valence-electron chi connectivity index (χ3n) is 3.31. The van der Waals surface area contributed by atoms with E-state index in [1.807, 2.05) is 0 Å². The smallest absolute Gasteiger partial charge is 0.166 e. The van der Waals surface area contributed by atoms with Crippen molar-refractivity contribution >= 4 is 15.9 Å². The Hall–Kier alpha value is -0.680. The Morgan fingerprint density at radius 2 is 2.28 bits per heavy atom. The molecule has 18 heavy (non-hydrogen) atoms. The summed E-state index contributed by atoms with van der Waals surface area (Å²) in [6, 6.07) is 1.11. The first kappa shape index (κ1) is 13.7. The molecule has 1 unspecified atom stereocenters. The Balaban J connectivity index is 2.29. The minimum atomic E-state index is -0.524. The lowest BCUT2D eigenvalue weighted by molar-refractivity contribution is 0.347. The molecule has 0 aliphatic carbocycles. The van der Waals surface area contributed by atoms with Crippen molar-refractivity contribution in [3.05, 3.63) is 27.7 Å². The van der Waals surface area contributed by atoms with Crippen LogP contribution < -0.4 is 10.1 Å². The van der Waals surface area contributed by atoms with Gasteiger partial charge in [-0.15, -0.1) is 0 Å². The van der Waals surface area contributed by atoms with Crippen LogP contribution in [0.15, 0.2) is 10.5 Å². The highest BCUT2D eigenvalue weighted by Crippen LogP contribution is 2.33. The Labute approximate surface area is 114 Å². The maximum absolute atomic E-state index is 14.1. The van der Waals surface area contributed by atoms with Gasteiger partial charge in [-0.25, -0.2) is 8.78 Å².